The number of anilines is 1. The highest BCUT2D eigenvalue weighted by atomic mass is 35.5. The molecule has 1 aliphatic carbocycles. The number of rotatable bonds is 4. The smallest absolute Gasteiger partial charge is 0.131 e. The molecule has 3 N–H and O–H groups in total. The molecule has 0 radical (unpaired) electrons. The van der Waals surface area contributed by atoms with Crippen molar-refractivity contribution >= 4 is 50.4 Å². The van der Waals surface area contributed by atoms with E-state index in [0.29, 0.717) is 10.2 Å². The van der Waals surface area contributed by atoms with Gasteiger partial charge in [0, 0.05) is 29.4 Å². The van der Waals surface area contributed by atoms with E-state index in [4.69, 9.17) is 28.9 Å². The third-order valence-electron chi connectivity index (χ3n) is 4.04. The number of allylic oxidation sites excluding steroid dienone is 2. The first-order valence-corrected chi connectivity index (χ1v) is 9.23. The van der Waals surface area contributed by atoms with Gasteiger partial charge in [0.05, 0.1) is 15.4 Å². The zero-order valence-electron chi connectivity index (χ0n) is 12.9. The van der Waals surface area contributed by atoms with Gasteiger partial charge in [-0.2, -0.15) is 0 Å². The fourth-order valence-corrected chi connectivity index (χ4v) is 4.78. The van der Waals surface area contributed by atoms with Crippen LogP contribution in [-0.4, -0.2) is 17.6 Å². The largest absolute Gasteiger partial charge is 0.380 e. The molecule has 122 valence electrons. The lowest BCUT2D eigenvalue weighted by Crippen LogP contribution is -2.29. The van der Waals surface area contributed by atoms with Crippen molar-refractivity contribution in [2.24, 2.45) is 5.73 Å². The van der Waals surface area contributed by atoms with Crippen LogP contribution < -0.4 is 11.1 Å². The van der Waals surface area contributed by atoms with Crippen LogP contribution >= 0.6 is 34.5 Å². The topological polar surface area (TPSA) is 50.9 Å². The summed E-state index contributed by atoms with van der Waals surface area (Å²) < 4.78 is 1.04. The summed E-state index contributed by atoms with van der Waals surface area (Å²) in [5.74, 6) is 0.244. The second-order valence-electron chi connectivity index (χ2n) is 5.61. The van der Waals surface area contributed by atoms with Gasteiger partial charge in [-0.1, -0.05) is 47.5 Å². The van der Waals surface area contributed by atoms with Gasteiger partial charge in [-0.15, -0.1) is 11.3 Å². The number of pyridine rings is 1. The summed E-state index contributed by atoms with van der Waals surface area (Å²) in [5.41, 5.74) is 8.03. The van der Waals surface area contributed by atoms with Gasteiger partial charge >= 0.3 is 0 Å². The highest BCUT2D eigenvalue weighted by Gasteiger charge is 2.27. The molecule has 0 bridgehead atoms. The van der Waals surface area contributed by atoms with Gasteiger partial charge in [-0.25, -0.2) is 4.98 Å². The molecule has 2 atom stereocenters. The zero-order chi connectivity index (χ0) is 16.4. The number of halogens is 2. The lowest BCUT2D eigenvalue weighted by atomic mass is 9.88. The van der Waals surface area contributed by atoms with Gasteiger partial charge in [-0.3, -0.25) is 0 Å². The van der Waals surface area contributed by atoms with Gasteiger partial charge in [0.1, 0.15) is 10.7 Å². The van der Waals surface area contributed by atoms with Crippen LogP contribution in [0.2, 0.25) is 10.2 Å². The summed E-state index contributed by atoms with van der Waals surface area (Å²) in [6, 6.07) is 1.95. The fourth-order valence-electron chi connectivity index (χ4n) is 2.82. The maximum atomic E-state index is 6.63. The first-order valence-electron chi connectivity index (χ1n) is 7.65. The molecule has 0 fully saturated rings. The van der Waals surface area contributed by atoms with Gasteiger partial charge in [0.2, 0.25) is 0 Å². The Morgan fingerprint density at radius 1 is 1.39 bits per heavy atom. The lowest BCUT2D eigenvalue weighted by molar-refractivity contribution is 0.528. The van der Waals surface area contributed by atoms with Gasteiger partial charge in [0.25, 0.3) is 0 Å². The summed E-state index contributed by atoms with van der Waals surface area (Å²) in [7, 11) is 0. The molecule has 0 aromatic carbocycles. The molecule has 0 spiro atoms. The molecule has 2 aromatic rings. The van der Waals surface area contributed by atoms with Crippen LogP contribution in [0.25, 0.3) is 10.2 Å². The Balaban J connectivity index is 2.06. The van der Waals surface area contributed by atoms with Crippen molar-refractivity contribution in [1.29, 1.82) is 0 Å². The summed E-state index contributed by atoms with van der Waals surface area (Å²) in [6.07, 6.45) is 10.2. The molecule has 0 amide bonds. The zero-order valence-corrected chi connectivity index (χ0v) is 15.2. The molecular formula is C17H19Cl2N3S. The Morgan fingerprint density at radius 2 is 2.17 bits per heavy atom. The number of hydrogen-bond acceptors (Lipinski definition) is 4. The van der Waals surface area contributed by atoms with E-state index in [0.717, 1.165) is 40.2 Å². The normalized spacial score (nSPS) is 21.4. The maximum absolute atomic E-state index is 6.63. The van der Waals surface area contributed by atoms with E-state index >= 15 is 0 Å². The van der Waals surface area contributed by atoms with E-state index in [9.17, 15) is 0 Å². The molecule has 0 saturated carbocycles. The number of hydrogen-bond donors (Lipinski definition) is 2. The Labute approximate surface area is 150 Å². The van der Waals surface area contributed by atoms with Crippen molar-refractivity contribution in [2.75, 3.05) is 11.9 Å². The molecule has 23 heavy (non-hydrogen) atoms. The molecule has 1 aliphatic rings. The number of nitrogens with one attached hydrogen (secondary N) is 1. The Hall–Kier alpha value is -1.07. The van der Waals surface area contributed by atoms with Gasteiger partial charge in [-0.05, 0) is 19.8 Å². The average Bonchev–Trinajstić information content (AvgIpc) is 2.85. The Bertz CT molecular complexity index is 767. The molecule has 3 rings (SSSR count). The first-order chi connectivity index (χ1) is 11.1. The van der Waals surface area contributed by atoms with Crippen molar-refractivity contribution in [3.05, 3.63) is 45.4 Å². The van der Waals surface area contributed by atoms with E-state index in [-0.39, 0.29) is 12.0 Å². The fraction of sp³-hybridized carbons (Fsp3) is 0.353. The Kier molecular flexibility index (Phi) is 5.27. The molecule has 0 aliphatic heterocycles. The van der Waals surface area contributed by atoms with Crippen molar-refractivity contribution < 1.29 is 0 Å². The standard InChI is InChI=1S/C17H19Cl2N3S/c1-2-3-8-21-12-9-13(18)22-15-14(19)16(23-17(12)15)10-6-4-5-7-11(10)20/h2-5,9-11H,6-8,20H2,1H3,(H,21,22)/b3-2+/t10-,11-/m0/s1. The predicted octanol–water partition coefficient (Wildman–Crippen LogP) is 5.35. The van der Waals surface area contributed by atoms with Crippen molar-refractivity contribution in [2.45, 2.75) is 31.7 Å². The summed E-state index contributed by atoms with van der Waals surface area (Å²) >= 11 is 14.5. The van der Waals surface area contributed by atoms with Crippen LogP contribution in [0.15, 0.2) is 30.4 Å². The minimum absolute atomic E-state index is 0.0977. The van der Waals surface area contributed by atoms with Gasteiger partial charge in [0.15, 0.2) is 0 Å². The third kappa shape index (κ3) is 3.41. The van der Waals surface area contributed by atoms with E-state index < -0.39 is 0 Å². The van der Waals surface area contributed by atoms with Crippen LogP contribution in [0.4, 0.5) is 5.69 Å². The van der Waals surface area contributed by atoms with E-state index in [2.05, 4.69) is 28.5 Å². The molecule has 6 heteroatoms. The molecule has 3 nitrogen and oxygen atoms in total. The maximum Gasteiger partial charge on any atom is 0.131 e. The average molecular weight is 368 g/mol. The quantitative estimate of drug-likeness (QED) is 0.565. The molecule has 0 unspecified atom stereocenters. The molecule has 2 aromatic heterocycles. The number of thiophene rings is 1. The van der Waals surface area contributed by atoms with E-state index in [1.165, 1.54) is 0 Å². The highest BCUT2D eigenvalue weighted by Crippen LogP contribution is 2.45. The van der Waals surface area contributed by atoms with E-state index in [1.807, 2.05) is 19.1 Å². The third-order valence-corrected chi connectivity index (χ3v) is 6.08. The van der Waals surface area contributed by atoms with Crippen molar-refractivity contribution in [1.82, 2.24) is 4.98 Å². The van der Waals surface area contributed by atoms with Crippen LogP contribution in [-0.2, 0) is 0 Å². The van der Waals surface area contributed by atoms with Crippen LogP contribution in [0.5, 0.6) is 0 Å². The number of nitrogens with zero attached hydrogens (tertiary/aromatic N) is 1. The minimum Gasteiger partial charge on any atom is -0.380 e. The second kappa shape index (κ2) is 7.22. The second-order valence-corrected chi connectivity index (χ2v) is 7.43. The number of aromatic nitrogens is 1. The van der Waals surface area contributed by atoms with Crippen LogP contribution in [0.1, 0.15) is 30.6 Å². The molecular weight excluding hydrogens is 349 g/mol. The van der Waals surface area contributed by atoms with Crippen LogP contribution in [0.3, 0.4) is 0 Å². The van der Waals surface area contributed by atoms with E-state index in [1.54, 1.807) is 11.3 Å². The summed E-state index contributed by atoms with van der Waals surface area (Å²) in [4.78, 5) is 5.54. The van der Waals surface area contributed by atoms with Crippen molar-refractivity contribution in [3.8, 4) is 0 Å². The van der Waals surface area contributed by atoms with Crippen molar-refractivity contribution in [3.63, 3.8) is 0 Å². The molecule has 2 heterocycles. The SMILES string of the molecule is C/C=C/CNc1cc(Cl)nc2c(Cl)c([C@H]3CC=CC[C@@H]3N)sc12. The first kappa shape index (κ1) is 16.8. The lowest BCUT2D eigenvalue weighted by Gasteiger charge is -2.24. The summed E-state index contributed by atoms with van der Waals surface area (Å²) in [5, 5.41) is 4.52. The number of fused-ring (bicyclic) bond motifs is 1. The predicted molar refractivity (Wildman–Crippen MR) is 102 cm³/mol. The summed E-state index contributed by atoms with van der Waals surface area (Å²) in [6.45, 7) is 2.73. The Morgan fingerprint density at radius 3 is 2.91 bits per heavy atom. The van der Waals surface area contributed by atoms with Gasteiger partial charge < -0.3 is 11.1 Å². The minimum atomic E-state index is 0.0977. The highest BCUT2D eigenvalue weighted by molar-refractivity contribution is 7.20. The number of nitrogens with two attached hydrogens (primary N) is 1. The van der Waals surface area contributed by atoms with Crippen LogP contribution in [0, 0.1) is 0 Å². The molecule has 0 saturated heterocycles. The monoisotopic (exact) mass is 367 g/mol.